The first kappa shape index (κ1) is 15.3. The fourth-order valence-corrected chi connectivity index (χ4v) is 2.09. The van der Waals surface area contributed by atoms with Gasteiger partial charge in [-0.2, -0.15) is 0 Å². The molecular weight excluding hydrogens is 271 g/mol. The van der Waals surface area contributed by atoms with E-state index in [1.54, 1.807) is 12.1 Å². The van der Waals surface area contributed by atoms with E-state index in [9.17, 15) is 9.50 Å². The molecule has 1 atom stereocenters. The predicted molar refractivity (Wildman–Crippen MR) is 79.2 cm³/mol. The van der Waals surface area contributed by atoms with Crippen molar-refractivity contribution in [1.29, 1.82) is 0 Å². The maximum absolute atomic E-state index is 14.0. The van der Waals surface area contributed by atoms with Crippen LogP contribution in [0.1, 0.15) is 23.7 Å². The number of rotatable bonds is 6. The number of aliphatic hydroxyl groups is 1. The molecule has 3 nitrogen and oxygen atoms in total. The Morgan fingerprint density at radius 3 is 2.67 bits per heavy atom. The summed E-state index contributed by atoms with van der Waals surface area (Å²) in [4.78, 5) is 0. The van der Waals surface area contributed by atoms with E-state index in [0.29, 0.717) is 13.0 Å². The van der Waals surface area contributed by atoms with Crippen LogP contribution in [0.5, 0.6) is 11.5 Å². The zero-order chi connectivity index (χ0) is 15.2. The summed E-state index contributed by atoms with van der Waals surface area (Å²) in [5, 5.41) is 10.1. The van der Waals surface area contributed by atoms with Crippen LogP contribution in [-0.4, -0.2) is 18.8 Å². The highest BCUT2D eigenvalue weighted by Gasteiger charge is 2.16. The Morgan fingerprint density at radius 1 is 1.19 bits per heavy atom. The maximum Gasteiger partial charge on any atom is 0.170 e. The number of aryl methyl sites for hydroxylation is 1. The summed E-state index contributed by atoms with van der Waals surface area (Å²) in [6.45, 7) is 2.29. The quantitative estimate of drug-likeness (QED) is 0.882. The Bertz CT molecular complexity index is 598. The van der Waals surface area contributed by atoms with E-state index >= 15 is 0 Å². The second-order valence-corrected chi connectivity index (χ2v) is 4.83. The third-order valence-electron chi connectivity index (χ3n) is 3.22. The van der Waals surface area contributed by atoms with E-state index in [2.05, 4.69) is 0 Å². The van der Waals surface area contributed by atoms with E-state index in [4.69, 9.17) is 9.47 Å². The van der Waals surface area contributed by atoms with Crippen molar-refractivity contribution in [2.75, 3.05) is 13.7 Å². The van der Waals surface area contributed by atoms with Gasteiger partial charge in [-0.25, -0.2) is 4.39 Å². The number of hydrogen-bond acceptors (Lipinski definition) is 3. The van der Waals surface area contributed by atoms with Gasteiger partial charge in [-0.15, -0.1) is 0 Å². The van der Waals surface area contributed by atoms with E-state index in [1.165, 1.54) is 13.2 Å². The average molecular weight is 290 g/mol. The van der Waals surface area contributed by atoms with Crippen LogP contribution >= 0.6 is 0 Å². The van der Waals surface area contributed by atoms with E-state index < -0.39 is 11.9 Å². The van der Waals surface area contributed by atoms with Crippen molar-refractivity contribution in [3.63, 3.8) is 0 Å². The lowest BCUT2D eigenvalue weighted by atomic mass is 10.1. The molecule has 2 aromatic carbocycles. The minimum Gasteiger partial charge on any atom is -0.494 e. The SMILES string of the molecule is COc1cccc(C(O)CCOc2cccc(C)c2)c1F. The van der Waals surface area contributed by atoms with Crippen LogP contribution in [0.3, 0.4) is 0 Å². The van der Waals surface area contributed by atoms with Crippen molar-refractivity contribution < 1.29 is 19.0 Å². The summed E-state index contributed by atoms with van der Waals surface area (Å²) < 4.78 is 24.5. The molecule has 0 saturated carbocycles. The van der Waals surface area contributed by atoms with Gasteiger partial charge in [-0.1, -0.05) is 24.3 Å². The van der Waals surface area contributed by atoms with Gasteiger partial charge in [0.2, 0.25) is 0 Å². The third-order valence-corrected chi connectivity index (χ3v) is 3.22. The van der Waals surface area contributed by atoms with Crippen molar-refractivity contribution >= 4 is 0 Å². The zero-order valence-corrected chi connectivity index (χ0v) is 12.2. The van der Waals surface area contributed by atoms with Gasteiger partial charge in [-0.05, 0) is 30.7 Å². The van der Waals surface area contributed by atoms with Gasteiger partial charge < -0.3 is 14.6 Å². The number of benzene rings is 2. The first-order valence-electron chi connectivity index (χ1n) is 6.81. The molecule has 0 aliphatic rings. The fraction of sp³-hybridized carbons (Fsp3) is 0.294. The molecule has 0 aliphatic carbocycles. The van der Waals surface area contributed by atoms with Crippen LogP contribution < -0.4 is 9.47 Å². The molecule has 2 rings (SSSR count). The lowest BCUT2D eigenvalue weighted by Gasteiger charge is -2.14. The molecule has 0 aromatic heterocycles. The van der Waals surface area contributed by atoms with Crippen molar-refractivity contribution in [1.82, 2.24) is 0 Å². The van der Waals surface area contributed by atoms with E-state index in [1.807, 2.05) is 31.2 Å². The third kappa shape index (κ3) is 3.95. The van der Waals surface area contributed by atoms with Crippen LogP contribution in [0.15, 0.2) is 42.5 Å². The summed E-state index contributed by atoms with van der Waals surface area (Å²) in [6.07, 6.45) is -0.622. The molecule has 0 heterocycles. The van der Waals surface area contributed by atoms with Crippen molar-refractivity contribution in [2.45, 2.75) is 19.4 Å². The highest BCUT2D eigenvalue weighted by atomic mass is 19.1. The van der Waals surface area contributed by atoms with Crippen molar-refractivity contribution in [2.24, 2.45) is 0 Å². The van der Waals surface area contributed by atoms with Crippen LogP contribution in [0.2, 0.25) is 0 Å². The summed E-state index contributed by atoms with van der Waals surface area (Å²) >= 11 is 0. The average Bonchev–Trinajstić information content (AvgIpc) is 2.47. The van der Waals surface area contributed by atoms with Crippen LogP contribution in [0.4, 0.5) is 4.39 Å². The molecule has 112 valence electrons. The smallest absolute Gasteiger partial charge is 0.170 e. The number of ether oxygens (including phenoxy) is 2. The highest BCUT2D eigenvalue weighted by molar-refractivity contribution is 5.32. The van der Waals surface area contributed by atoms with Crippen LogP contribution in [0, 0.1) is 12.7 Å². The molecule has 0 saturated heterocycles. The van der Waals surface area contributed by atoms with Gasteiger partial charge in [0, 0.05) is 12.0 Å². The van der Waals surface area contributed by atoms with Crippen LogP contribution in [-0.2, 0) is 0 Å². The van der Waals surface area contributed by atoms with Gasteiger partial charge in [0.05, 0.1) is 19.8 Å². The molecule has 0 radical (unpaired) electrons. The fourth-order valence-electron chi connectivity index (χ4n) is 2.09. The monoisotopic (exact) mass is 290 g/mol. The Hall–Kier alpha value is -2.07. The summed E-state index contributed by atoms with van der Waals surface area (Å²) in [6, 6.07) is 12.4. The van der Waals surface area contributed by atoms with Crippen LogP contribution in [0.25, 0.3) is 0 Å². The van der Waals surface area contributed by atoms with Gasteiger partial charge in [0.15, 0.2) is 11.6 Å². The minimum absolute atomic E-state index is 0.131. The highest BCUT2D eigenvalue weighted by Crippen LogP contribution is 2.26. The Kier molecular flexibility index (Phi) is 5.17. The molecule has 2 aromatic rings. The van der Waals surface area contributed by atoms with E-state index in [-0.39, 0.29) is 11.3 Å². The second kappa shape index (κ2) is 7.09. The van der Waals surface area contributed by atoms with Gasteiger partial charge in [0.1, 0.15) is 5.75 Å². The second-order valence-electron chi connectivity index (χ2n) is 4.83. The molecular formula is C17H19FO3. The minimum atomic E-state index is -0.926. The molecule has 0 bridgehead atoms. The van der Waals surface area contributed by atoms with Gasteiger partial charge in [0.25, 0.3) is 0 Å². The topological polar surface area (TPSA) is 38.7 Å². The maximum atomic E-state index is 14.0. The zero-order valence-electron chi connectivity index (χ0n) is 12.2. The molecule has 0 aliphatic heterocycles. The molecule has 21 heavy (non-hydrogen) atoms. The Balaban J connectivity index is 1.94. The number of hydrogen-bond donors (Lipinski definition) is 1. The largest absolute Gasteiger partial charge is 0.494 e. The lowest BCUT2D eigenvalue weighted by Crippen LogP contribution is -2.07. The Morgan fingerprint density at radius 2 is 1.95 bits per heavy atom. The first-order valence-corrected chi connectivity index (χ1v) is 6.81. The number of methoxy groups -OCH3 is 1. The van der Waals surface area contributed by atoms with Crippen molar-refractivity contribution in [3.05, 3.63) is 59.4 Å². The lowest BCUT2D eigenvalue weighted by molar-refractivity contribution is 0.136. The van der Waals surface area contributed by atoms with Gasteiger partial charge >= 0.3 is 0 Å². The van der Waals surface area contributed by atoms with Gasteiger partial charge in [-0.3, -0.25) is 0 Å². The summed E-state index contributed by atoms with van der Waals surface area (Å²) in [5.74, 6) is 0.350. The molecule has 4 heteroatoms. The normalized spacial score (nSPS) is 12.0. The number of halogens is 1. The summed E-state index contributed by atoms with van der Waals surface area (Å²) in [7, 11) is 1.40. The van der Waals surface area contributed by atoms with E-state index in [0.717, 1.165) is 11.3 Å². The molecule has 1 unspecified atom stereocenters. The molecule has 0 spiro atoms. The van der Waals surface area contributed by atoms with Crippen molar-refractivity contribution in [3.8, 4) is 11.5 Å². The predicted octanol–water partition coefficient (Wildman–Crippen LogP) is 3.65. The Labute approximate surface area is 124 Å². The molecule has 0 fully saturated rings. The standard InChI is InChI=1S/C17H19FO3/c1-12-5-3-6-13(11-12)21-10-9-15(19)14-7-4-8-16(20-2)17(14)18/h3-8,11,15,19H,9-10H2,1-2H3. The summed E-state index contributed by atoms with van der Waals surface area (Å²) in [5.41, 5.74) is 1.33. The molecule has 0 amide bonds. The molecule has 1 N–H and O–H groups in total. The first-order chi connectivity index (χ1) is 10.1. The number of aliphatic hydroxyl groups excluding tert-OH is 1.